The van der Waals surface area contributed by atoms with Crippen LogP contribution in [-0.2, 0) is 0 Å². The van der Waals surface area contributed by atoms with E-state index in [2.05, 4.69) is 14.3 Å². The van der Waals surface area contributed by atoms with Gasteiger partial charge in [0.25, 0.3) is 0 Å². The molecule has 64 valence electrons. The Morgan fingerprint density at radius 1 is 1.31 bits per heavy atom. The molecule has 0 fully saturated rings. The van der Waals surface area contributed by atoms with Crippen molar-refractivity contribution in [3.63, 3.8) is 0 Å². The van der Waals surface area contributed by atoms with Gasteiger partial charge in [0.2, 0.25) is 5.78 Å². The van der Waals surface area contributed by atoms with Crippen molar-refractivity contribution in [2.24, 2.45) is 0 Å². The van der Waals surface area contributed by atoms with Gasteiger partial charge >= 0.3 is 0 Å². The van der Waals surface area contributed by atoms with Gasteiger partial charge in [0.15, 0.2) is 0 Å². The van der Waals surface area contributed by atoms with Crippen LogP contribution in [0.1, 0.15) is 15.4 Å². The minimum atomic E-state index is -0.129. The molecule has 0 aliphatic heterocycles. The van der Waals surface area contributed by atoms with Crippen LogP contribution >= 0.6 is 11.5 Å². The average molecular weight is 191 g/mol. The number of hydrogen-bond donors (Lipinski definition) is 0. The second kappa shape index (κ2) is 3.40. The van der Waals surface area contributed by atoms with Gasteiger partial charge < -0.3 is 0 Å². The lowest BCUT2D eigenvalue weighted by atomic mass is 10.2. The summed E-state index contributed by atoms with van der Waals surface area (Å²) in [6.45, 7) is 0. The predicted octanol–water partition coefficient (Wildman–Crippen LogP) is 1.16. The van der Waals surface area contributed by atoms with Gasteiger partial charge in [-0.25, -0.2) is 9.36 Å². The van der Waals surface area contributed by atoms with Crippen molar-refractivity contribution < 1.29 is 4.79 Å². The van der Waals surface area contributed by atoms with Crippen LogP contribution in [0.3, 0.4) is 0 Å². The molecule has 0 saturated carbocycles. The Labute approximate surface area is 78.5 Å². The van der Waals surface area contributed by atoms with E-state index in [9.17, 15) is 4.79 Å². The minimum Gasteiger partial charge on any atom is -0.286 e. The maximum absolute atomic E-state index is 11.6. The van der Waals surface area contributed by atoms with Gasteiger partial charge in [-0.15, -0.1) is 0 Å². The van der Waals surface area contributed by atoms with E-state index in [0.29, 0.717) is 10.6 Å². The summed E-state index contributed by atoms with van der Waals surface area (Å²) in [5.74, 6) is -0.129. The Morgan fingerprint density at radius 3 is 2.85 bits per heavy atom. The zero-order valence-electron chi connectivity index (χ0n) is 6.54. The van der Waals surface area contributed by atoms with E-state index >= 15 is 0 Å². The smallest absolute Gasteiger partial charge is 0.224 e. The number of rotatable bonds is 2. The molecule has 0 aromatic carbocycles. The maximum atomic E-state index is 11.6. The highest BCUT2D eigenvalue weighted by atomic mass is 32.1. The Kier molecular flexibility index (Phi) is 2.09. The second-order valence-electron chi connectivity index (χ2n) is 2.30. The van der Waals surface area contributed by atoms with Gasteiger partial charge in [-0.3, -0.25) is 9.78 Å². The zero-order valence-corrected chi connectivity index (χ0v) is 7.36. The summed E-state index contributed by atoms with van der Waals surface area (Å²) < 4.78 is 3.84. The SMILES string of the molecule is O=C(c1cnccn1)c1ccns1. The van der Waals surface area contributed by atoms with Crippen LogP contribution < -0.4 is 0 Å². The lowest BCUT2D eigenvalue weighted by Gasteiger charge is -1.93. The highest BCUT2D eigenvalue weighted by molar-refractivity contribution is 7.08. The fourth-order valence-electron chi connectivity index (χ4n) is 0.875. The van der Waals surface area contributed by atoms with Crippen molar-refractivity contribution in [1.82, 2.24) is 14.3 Å². The third kappa shape index (κ3) is 1.59. The normalized spacial score (nSPS) is 9.85. The first-order chi connectivity index (χ1) is 6.38. The molecule has 0 bridgehead atoms. The largest absolute Gasteiger partial charge is 0.286 e. The van der Waals surface area contributed by atoms with Crippen molar-refractivity contribution in [1.29, 1.82) is 0 Å². The molecule has 2 aromatic heterocycles. The lowest BCUT2D eigenvalue weighted by molar-refractivity contribution is 0.103. The fourth-order valence-corrected chi connectivity index (χ4v) is 1.42. The van der Waals surface area contributed by atoms with E-state index < -0.39 is 0 Å². The monoisotopic (exact) mass is 191 g/mol. The molecule has 0 atom stereocenters. The summed E-state index contributed by atoms with van der Waals surface area (Å²) in [5, 5.41) is 0. The molecule has 13 heavy (non-hydrogen) atoms. The Morgan fingerprint density at radius 2 is 2.23 bits per heavy atom. The Hall–Kier alpha value is -1.62. The molecule has 0 saturated heterocycles. The first-order valence-electron chi connectivity index (χ1n) is 3.59. The van der Waals surface area contributed by atoms with E-state index in [0.717, 1.165) is 11.5 Å². The molecule has 2 aromatic rings. The first-order valence-corrected chi connectivity index (χ1v) is 4.36. The standard InChI is InChI=1S/C8H5N3OS/c12-8(7-1-2-11-13-7)6-5-9-3-4-10-6/h1-5H. The van der Waals surface area contributed by atoms with Crippen LogP contribution in [0, 0.1) is 0 Å². The highest BCUT2D eigenvalue weighted by Gasteiger charge is 2.11. The summed E-state index contributed by atoms with van der Waals surface area (Å²) in [6.07, 6.45) is 6.06. The third-order valence-corrected chi connectivity index (χ3v) is 2.20. The van der Waals surface area contributed by atoms with Crippen LogP contribution in [0.15, 0.2) is 30.9 Å². The van der Waals surface area contributed by atoms with Gasteiger partial charge in [0.05, 0.1) is 11.1 Å². The topological polar surface area (TPSA) is 55.7 Å². The molecule has 0 N–H and O–H groups in total. The molecule has 2 heterocycles. The number of hydrogen-bond acceptors (Lipinski definition) is 5. The quantitative estimate of drug-likeness (QED) is 0.668. The van der Waals surface area contributed by atoms with Gasteiger partial charge in [0, 0.05) is 18.6 Å². The summed E-state index contributed by atoms with van der Waals surface area (Å²) in [6, 6.07) is 1.67. The van der Waals surface area contributed by atoms with Crippen LogP contribution in [-0.4, -0.2) is 20.1 Å². The summed E-state index contributed by atoms with van der Waals surface area (Å²) >= 11 is 1.16. The Balaban J connectivity index is 2.34. The summed E-state index contributed by atoms with van der Waals surface area (Å²) in [4.78, 5) is 19.9. The first kappa shape index (κ1) is 8.00. The molecule has 0 aliphatic rings. The number of carbonyl (C=O) groups excluding carboxylic acids is 1. The number of nitrogens with zero attached hydrogens (tertiary/aromatic N) is 3. The van der Waals surface area contributed by atoms with Crippen LogP contribution in [0.25, 0.3) is 0 Å². The van der Waals surface area contributed by atoms with E-state index in [4.69, 9.17) is 0 Å². The van der Waals surface area contributed by atoms with Crippen LogP contribution in [0.2, 0.25) is 0 Å². The van der Waals surface area contributed by atoms with E-state index in [1.165, 1.54) is 18.6 Å². The van der Waals surface area contributed by atoms with E-state index in [1.54, 1.807) is 12.3 Å². The van der Waals surface area contributed by atoms with Crippen molar-refractivity contribution in [3.05, 3.63) is 41.4 Å². The van der Waals surface area contributed by atoms with Gasteiger partial charge in [-0.2, -0.15) is 0 Å². The number of aromatic nitrogens is 3. The van der Waals surface area contributed by atoms with Crippen LogP contribution in [0.5, 0.6) is 0 Å². The minimum absolute atomic E-state index is 0.129. The summed E-state index contributed by atoms with van der Waals surface area (Å²) in [5.41, 5.74) is 0.353. The van der Waals surface area contributed by atoms with Gasteiger partial charge in [0.1, 0.15) is 5.69 Å². The molecule has 0 radical (unpaired) electrons. The number of ketones is 1. The van der Waals surface area contributed by atoms with Crippen molar-refractivity contribution in [3.8, 4) is 0 Å². The fraction of sp³-hybridized carbons (Fsp3) is 0. The maximum Gasteiger partial charge on any atom is 0.224 e. The molecule has 2 rings (SSSR count). The molecule has 0 unspecified atom stereocenters. The predicted molar refractivity (Wildman–Crippen MR) is 47.6 cm³/mol. The summed E-state index contributed by atoms with van der Waals surface area (Å²) in [7, 11) is 0. The molecule has 0 amide bonds. The van der Waals surface area contributed by atoms with Gasteiger partial charge in [-0.1, -0.05) is 0 Å². The molecule has 0 spiro atoms. The molecule has 5 heteroatoms. The van der Waals surface area contributed by atoms with Crippen LogP contribution in [0.4, 0.5) is 0 Å². The second-order valence-corrected chi connectivity index (χ2v) is 3.13. The van der Waals surface area contributed by atoms with Crippen molar-refractivity contribution in [2.75, 3.05) is 0 Å². The van der Waals surface area contributed by atoms with E-state index in [-0.39, 0.29) is 5.78 Å². The average Bonchev–Trinajstić information content (AvgIpc) is 2.71. The van der Waals surface area contributed by atoms with E-state index in [1.807, 2.05) is 0 Å². The third-order valence-electron chi connectivity index (χ3n) is 1.46. The zero-order chi connectivity index (χ0) is 9.10. The number of carbonyl (C=O) groups is 1. The van der Waals surface area contributed by atoms with Gasteiger partial charge in [-0.05, 0) is 17.6 Å². The Bertz CT molecular complexity index is 399. The molecule has 4 nitrogen and oxygen atoms in total. The highest BCUT2D eigenvalue weighted by Crippen LogP contribution is 2.09. The molecular formula is C8H5N3OS. The molecule has 0 aliphatic carbocycles. The molecular weight excluding hydrogens is 186 g/mol. The van der Waals surface area contributed by atoms with Crippen molar-refractivity contribution in [2.45, 2.75) is 0 Å². The lowest BCUT2D eigenvalue weighted by Crippen LogP contribution is -2.01. The van der Waals surface area contributed by atoms with Crippen molar-refractivity contribution >= 4 is 17.3 Å².